The Hall–Kier alpha value is -3.17. The minimum Gasteiger partial charge on any atom is -0.465 e. The maximum atomic E-state index is 11.7. The number of carbonyl (C=O) groups is 1. The van der Waals surface area contributed by atoms with Crippen LogP contribution >= 0.6 is 11.3 Å². The highest BCUT2D eigenvalue weighted by molar-refractivity contribution is 7.13. The molecule has 0 bridgehead atoms. The maximum Gasteiger partial charge on any atom is 0.348 e. The number of methoxy groups -OCH3 is 1. The summed E-state index contributed by atoms with van der Waals surface area (Å²) in [5.74, 6) is -0.657. The summed E-state index contributed by atoms with van der Waals surface area (Å²) in [5.41, 5.74) is 2.51. The van der Waals surface area contributed by atoms with Crippen LogP contribution in [0.5, 0.6) is 0 Å². The first-order chi connectivity index (χ1) is 12.2. The van der Waals surface area contributed by atoms with E-state index in [9.17, 15) is 10.1 Å². The Morgan fingerprint density at radius 1 is 1.32 bits per heavy atom. The lowest BCUT2D eigenvalue weighted by Gasteiger charge is -2.00. The number of ether oxygens (including phenoxy) is 1. The number of nitriles is 1. The van der Waals surface area contributed by atoms with Crippen molar-refractivity contribution in [2.45, 2.75) is 6.54 Å². The number of thiophene rings is 1. The SMILES string of the molecule is COC(=O)/C(C#N)=C/c1cn(Cc2ccccc2)nc1-c1cccs1. The standard InChI is InChI=1S/C19H15N3O2S/c1-24-19(23)15(11-20)10-16-13-22(12-14-6-3-2-4-7-14)21-18(16)17-8-5-9-25-17/h2-10,13H,12H2,1H3/b15-10+. The number of carbonyl (C=O) groups excluding carboxylic acids is 1. The van der Waals surface area contributed by atoms with Gasteiger partial charge in [0.15, 0.2) is 0 Å². The van der Waals surface area contributed by atoms with E-state index in [1.807, 2.05) is 64.8 Å². The van der Waals surface area contributed by atoms with Crippen molar-refractivity contribution in [3.63, 3.8) is 0 Å². The van der Waals surface area contributed by atoms with Gasteiger partial charge >= 0.3 is 5.97 Å². The van der Waals surface area contributed by atoms with Gasteiger partial charge in [0.05, 0.1) is 18.5 Å². The molecule has 0 aliphatic carbocycles. The summed E-state index contributed by atoms with van der Waals surface area (Å²) in [6.45, 7) is 0.604. The van der Waals surface area contributed by atoms with Crippen LogP contribution in [0.4, 0.5) is 0 Å². The molecule has 6 heteroatoms. The van der Waals surface area contributed by atoms with Crippen LogP contribution < -0.4 is 0 Å². The molecule has 5 nitrogen and oxygen atoms in total. The van der Waals surface area contributed by atoms with Gasteiger partial charge in [0.2, 0.25) is 0 Å². The highest BCUT2D eigenvalue weighted by Crippen LogP contribution is 2.28. The zero-order valence-electron chi connectivity index (χ0n) is 13.5. The average molecular weight is 349 g/mol. The molecule has 0 saturated carbocycles. The van der Waals surface area contributed by atoms with Crippen molar-refractivity contribution >= 4 is 23.4 Å². The summed E-state index contributed by atoms with van der Waals surface area (Å²) in [6, 6.07) is 15.8. The fourth-order valence-electron chi connectivity index (χ4n) is 2.40. The summed E-state index contributed by atoms with van der Waals surface area (Å²) in [5, 5.41) is 15.8. The molecule has 3 rings (SSSR count). The van der Waals surface area contributed by atoms with Gasteiger partial charge in [-0.05, 0) is 23.1 Å². The largest absolute Gasteiger partial charge is 0.465 e. The highest BCUT2D eigenvalue weighted by Gasteiger charge is 2.15. The van der Waals surface area contributed by atoms with Gasteiger partial charge in [0.25, 0.3) is 0 Å². The molecule has 0 aliphatic rings. The van der Waals surface area contributed by atoms with Gasteiger partial charge in [0.1, 0.15) is 17.3 Å². The molecule has 1 aromatic carbocycles. The van der Waals surface area contributed by atoms with Crippen LogP contribution in [0.2, 0.25) is 0 Å². The molecule has 0 amide bonds. The van der Waals surface area contributed by atoms with E-state index in [0.29, 0.717) is 12.1 Å². The van der Waals surface area contributed by atoms with E-state index in [0.717, 1.165) is 16.1 Å². The maximum absolute atomic E-state index is 11.7. The molecular weight excluding hydrogens is 334 g/mol. The predicted octanol–water partition coefficient (Wildman–Crippen LogP) is 3.74. The van der Waals surface area contributed by atoms with Gasteiger partial charge < -0.3 is 4.74 Å². The van der Waals surface area contributed by atoms with Crippen molar-refractivity contribution in [1.82, 2.24) is 9.78 Å². The fourth-order valence-corrected chi connectivity index (χ4v) is 3.13. The molecule has 0 aliphatic heterocycles. The van der Waals surface area contributed by atoms with E-state index < -0.39 is 5.97 Å². The van der Waals surface area contributed by atoms with Crippen LogP contribution in [-0.2, 0) is 16.1 Å². The second-order valence-electron chi connectivity index (χ2n) is 5.25. The summed E-state index contributed by atoms with van der Waals surface area (Å²) >= 11 is 1.55. The lowest BCUT2D eigenvalue weighted by molar-refractivity contribution is -0.135. The second-order valence-corrected chi connectivity index (χ2v) is 6.20. The number of hydrogen-bond acceptors (Lipinski definition) is 5. The third-order valence-electron chi connectivity index (χ3n) is 3.56. The molecule has 0 radical (unpaired) electrons. The first-order valence-electron chi connectivity index (χ1n) is 7.56. The van der Waals surface area contributed by atoms with Crippen molar-refractivity contribution in [2.24, 2.45) is 0 Å². The normalized spacial score (nSPS) is 11.1. The molecule has 0 fully saturated rings. The van der Waals surface area contributed by atoms with Crippen LogP contribution in [0.1, 0.15) is 11.1 Å². The van der Waals surface area contributed by atoms with Crippen LogP contribution in [0.15, 0.2) is 59.6 Å². The fraction of sp³-hybridized carbons (Fsp3) is 0.105. The van der Waals surface area contributed by atoms with Gasteiger partial charge in [-0.25, -0.2) is 4.79 Å². The lowest BCUT2D eigenvalue weighted by atomic mass is 10.1. The third kappa shape index (κ3) is 3.84. The molecule has 2 heterocycles. The van der Waals surface area contributed by atoms with Crippen LogP contribution in [0.3, 0.4) is 0 Å². The zero-order valence-corrected chi connectivity index (χ0v) is 14.4. The summed E-state index contributed by atoms with van der Waals surface area (Å²) in [7, 11) is 1.26. The Bertz CT molecular complexity index is 935. The molecule has 25 heavy (non-hydrogen) atoms. The molecule has 0 N–H and O–H groups in total. The quantitative estimate of drug-likeness (QED) is 0.400. The molecule has 2 aromatic heterocycles. The Morgan fingerprint density at radius 2 is 2.12 bits per heavy atom. The average Bonchev–Trinajstić information content (AvgIpc) is 3.29. The van der Waals surface area contributed by atoms with Gasteiger partial charge in [-0.3, -0.25) is 4.68 Å². The van der Waals surface area contributed by atoms with E-state index >= 15 is 0 Å². The van der Waals surface area contributed by atoms with Crippen LogP contribution in [-0.4, -0.2) is 22.9 Å². The van der Waals surface area contributed by atoms with E-state index in [1.165, 1.54) is 13.2 Å². The summed E-state index contributed by atoms with van der Waals surface area (Å²) < 4.78 is 6.46. The Morgan fingerprint density at radius 3 is 2.76 bits per heavy atom. The number of hydrogen-bond donors (Lipinski definition) is 0. The van der Waals surface area contributed by atoms with E-state index in [2.05, 4.69) is 9.84 Å². The number of aromatic nitrogens is 2. The van der Waals surface area contributed by atoms with Gasteiger partial charge in [-0.2, -0.15) is 10.4 Å². The van der Waals surface area contributed by atoms with Gasteiger partial charge in [-0.15, -0.1) is 11.3 Å². The number of nitrogens with zero attached hydrogens (tertiary/aromatic N) is 3. The first-order valence-corrected chi connectivity index (χ1v) is 8.44. The first kappa shape index (κ1) is 16.7. The number of rotatable bonds is 5. The minimum atomic E-state index is -0.657. The van der Waals surface area contributed by atoms with Crippen LogP contribution in [0, 0.1) is 11.3 Å². The van der Waals surface area contributed by atoms with E-state index in [4.69, 9.17) is 0 Å². The monoisotopic (exact) mass is 349 g/mol. The molecule has 0 atom stereocenters. The van der Waals surface area contributed by atoms with Crippen molar-refractivity contribution in [2.75, 3.05) is 7.11 Å². The lowest BCUT2D eigenvalue weighted by Crippen LogP contribution is -2.02. The molecule has 124 valence electrons. The van der Waals surface area contributed by atoms with Crippen molar-refractivity contribution < 1.29 is 9.53 Å². The van der Waals surface area contributed by atoms with Crippen molar-refractivity contribution in [3.05, 3.63) is 70.7 Å². The number of esters is 1. The molecule has 3 aromatic rings. The van der Waals surface area contributed by atoms with Crippen molar-refractivity contribution in [1.29, 1.82) is 5.26 Å². The van der Waals surface area contributed by atoms with E-state index in [-0.39, 0.29) is 5.57 Å². The highest BCUT2D eigenvalue weighted by atomic mass is 32.1. The third-order valence-corrected chi connectivity index (χ3v) is 4.43. The molecule has 0 saturated heterocycles. The van der Waals surface area contributed by atoms with Gasteiger partial charge in [-0.1, -0.05) is 36.4 Å². The minimum absolute atomic E-state index is 0.0560. The molecular formula is C19H15N3O2S. The van der Waals surface area contributed by atoms with Crippen molar-refractivity contribution in [3.8, 4) is 16.6 Å². The summed E-state index contributed by atoms with van der Waals surface area (Å²) in [6.07, 6.45) is 3.36. The number of benzene rings is 1. The summed E-state index contributed by atoms with van der Waals surface area (Å²) in [4.78, 5) is 12.7. The van der Waals surface area contributed by atoms with Gasteiger partial charge in [0, 0.05) is 11.8 Å². The van der Waals surface area contributed by atoms with Crippen LogP contribution in [0.25, 0.3) is 16.6 Å². The zero-order chi connectivity index (χ0) is 17.6. The smallest absolute Gasteiger partial charge is 0.348 e. The Labute approximate surface area is 149 Å². The Balaban J connectivity index is 2.02. The molecule has 0 spiro atoms. The molecule has 0 unspecified atom stereocenters. The Kier molecular flexibility index (Phi) is 5.07. The predicted molar refractivity (Wildman–Crippen MR) is 96.7 cm³/mol. The van der Waals surface area contributed by atoms with E-state index in [1.54, 1.807) is 11.3 Å². The second kappa shape index (κ2) is 7.60. The topological polar surface area (TPSA) is 67.9 Å².